The van der Waals surface area contributed by atoms with E-state index < -0.39 is 11.9 Å². The van der Waals surface area contributed by atoms with Gasteiger partial charge in [0.1, 0.15) is 12.2 Å². The van der Waals surface area contributed by atoms with Crippen molar-refractivity contribution in [1.29, 1.82) is 0 Å². The van der Waals surface area contributed by atoms with Crippen LogP contribution in [0.4, 0.5) is 0 Å². The van der Waals surface area contributed by atoms with Crippen LogP contribution in [0.5, 0.6) is 0 Å². The molecule has 0 aromatic heterocycles. The van der Waals surface area contributed by atoms with E-state index in [0.29, 0.717) is 0 Å². The van der Waals surface area contributed by atoms with Gasteiger partial charge < -0.3 is 19.0 Å². The van der Waals surface area contributed by atoms with E-state index in [1.54, 1.807) is 0 Å². The lowest BCUT2D eigenvalue weighted by atomic mass is 9.87. The topological polar surface area (TPSA) is 44.8 Å². The van der Waals surface area contributed by atoms with Gasteiger partial charge in [-0.1, -0.05) is 19.4 Å². The van der Waals surface area contributed by atoms with Crippen molar-refractivity contribution in [3.63, 3.8) is 0 Å². The van der Waals surface area contributed by atoms with Crippen LogP contribution in [-0.4, -0.2) is 36.5 Å². The molecule has 4 nitrogen and oxygen atoms in total. The van der Waals surface area contributed by atoms with E-state index in [1.165, 1.54) is 6.42 Å². The molecule has 1 saturated carbocycles. The average molecular weight is 280 g/mol. The summed E-state index contributed by atoms with van der Waals surface area (Å²) in [5.41, 5.74) is 0. The first kappa shape index (κ1) is 14.2. The van der Waals surface area contributed by atoms with E-state index in [9.17, 15) is 4.79 Å². The highest BCUT2D eigenvalue weighted by Gasteiger charge is 2.56. The Bertz CT molecular complexity index is 375. The maximum absolute atomic E-state index is 11.3. The number of carbonyl (C=O) groups is 1. The number of fused-ring (bicyclic) bond motifs is 1. The molecular weight excluding hydrogens is 256 g/mol. The fourth-order valence-corrected chi connectivity index (χ4v) is 3.80. The van der Waals surface area contributed by atoms with Gasteiger partial charge in [0, 0.05) is 18.8 Å². The van der Waals surface area contributed by atoms with Crippen LogP contribution in [0.2, 0.25) is 0 Å². The fourth-order valence-electron chi connectivity index (χ4n) is 3.80. The Morgan fingerprint density at radius 3 is 2.55 bits per heavy atom. The first-order valence-electron chi connectivity index (χ1n) is 7.76. The first-order valence-corrected chi connectivity index (χ1v) is 7.76. The third kappa shape index (κ3) is 2.34. The summed E-state index contributed by atoms with van der Waals surface area (Å²) < 4.78 is 18.4. The summed E-state index contributed by atoms with van der Waals surface area (Å²) in [6.07, 6.45) is 8.02. The average Bonchev–Trinajstić information content (AvgIpc) is 2.82. The van der Waals surface area contributed by atoms with E-state index in [0.717, 1.165) is 38.4 Å². The van der Waals surface area contributed by atoms with Gasteiger partial charge in [-0.25, -0.2) is 0 Å². The molecule has 3 aliphatic rings. The molecule has 112 valence electrons. The van der Waals surface area contributed by atoms with Gasteiger partial charge in [0.25, 0.3) is 0 Å². The van der Waals surface area contributed by atoms with Crippen molar-refractivity contribution in [1.82, 2.24) is 0 Å². The van der Waals surface area contributed by atoms with Crippen LogP contribution >= 0.6 is 0 Å². The molecule has 2 heterocycles. The van der Waals surface area contributed by atoms with E-state index in [-0.39, 0.29) is 24.2 Å². The Hall–Kier alpha value is -0.710. The Morgan fingerprint density at radius 1 is 1.20 bits per heavy atom. The van der Waals surface area contributed by atoms with Crippen LogP contribution in [0.3, 0.4) is 0 Å². The zero-order chi connectivity index (χ0) is 14.2. The van der Waals surface area contributed by atoms with Crippen molar-refractivity contribution in [2.45, 2.75) is 75.7 Å². The number of carbonyl (C=O) groups excluding carboxylic acids is 1. The van der Waals surface area contributed by atoms with Crippen LogP contribution in [0.15, 0.2) is 12.7 Å². The molecule has 20 heavy (non-hydrogen) atoms. The summed E-state index contributed by atoms with van der Waals surface area (Å²) in [7, 11) is 0. The second kappa shape index (κ2) is 5.58. The highest BCUT2D eigenvalue weighted by molar-refractivity contribution is 5.58. The van der Waals surface area contributed by atoms with Gasteiger partial charge in [-0.3, -0.25) is 0 Å². The minimum Gasteiger partial charge on any atom is -0.364 e. The zero-order valence-corrected chi connectivity index (χ0v) is 12.1. The minimum absolute atomic E-state index is 0.00806. The minimum atomic E-state index is -0.512. The van der Waals surface area contributed by atoms with Crippen LogP contribution in [0, 0.1) is 5.92 Å². The predicted octanol–water partition coefficient (Wildman–Crippen LogP) is 2.61. The largest absolute Gasteiger partial charge is 0.364 e. The second-order valence-electron chi connectivity index (χ2n) is 6.30. The zero-order valence-electron chi connectivity index (χ0n) is 12.1. The van der Waals surface area contributed by atoms with Gasteiger partial charge in [0.2, 0.25) is 0 Å². The van der Waals surface area contributed by atoms with Crippen molar-refractivity contribution in [3.8, 4) is 0 Å². The van der Waals surface area contributed by atoms with E-state index in [2.05, 4.69) is 13.5 Å². The van der Waals surface area contributed by atoms with Gasteiger partial charge in [-0.15, -0.1) is 6.58 Å². The van der Waals surface area contributed by atoms with Gasteiger partial charge in [-0.2, -0.15) is 0 Å². The van der Waals surface area contributed by atoms with E-state index in [1.807, 2.05) is 6.08 Å². The summed E-state index contributed by atoms with van der Waals surface area (Å²) in [4.78, 5) is 11.3. The SMILES string of the molecule is C=CC[C@@H]1O[C@@H](C=O)C2OC3(CCCCC3)O[C@H]2[C@H]1C. The molecule has 3 fully saturated rings. The monoisotopic (exact) mass is 280 g/mol. The number of hydrogen-bond acceptors (Lipinski definition) is 4. The standard InChI is InChI=1S/C16H24O4/c1-3-7-12-11(2)14-15(13(10-17)18-12)20-16(19-14)8-5-4-6-9-16/h3,10-15H,1,4-9H2,2H3/t11-,12-,13-,14-,15?/m0/s1. The molecule has 0 bridgehead atoms. The molecule has 1 unspecified atom stereocenters. The molecule has 0 N–H and O–H groups in total. The number of rotatable bonds is 3. The quantitative estimate of drug-likeness (QED) is 0.589. The molecule has 0 amide bonds. The fraction of sp³-hybridized carbons (Fsp3) is 0.812. The lowest BCUT2D eigenvalue weighted by molar-refractivity contribution is -0.198. The lowest BCUT2D eigenvalue weighted by Crippen LogP contribution is -2.52. The lowest BCUT2D eigenvalue weighted by Gasteiger charge is -2.38. The Kier molecular flexibility index (Phi) is 3.98. The smallest absolute Gasteiger partial charge is 0.169 e. The van der Waals surface area contributed by atoms with Crippen LogP contribution < -0.4 is 0 Å². The van der Waals surface area contributed by atoms with Gasteiger partial charge in [-0.05, 0) is 19.3 Å². The van der Waals surface area contributed by atoms with Crippen LogP contribution in [0.25, 0.3) is 0 Å². The molecular formula is C16H24O4. The van der Waals surface area contributed by atoms with Gasteiger partial charge in [0.15, 0.2) is 12.1 Å². The van der Waals surface area contributed by atoms with Crippen molar-refractivity contribution in [2.24, 2.45) is 5.92 Å². The van der Waals surface area contributed by atoms with Crippen LogP contribution in [0.1, 0.15) is 45.4 Å². The first-order chi connectivity index (χ1) is 9.69. The molecule has 2 aliphatic heterocycles. The molecule has 0 aromatic rings. The maximum atomic E-state index is 11.3. The summed E-state index contributed by atoms with van der Waals surface area (Å²) in [5.74, 6) is -0.245. The Morgan fingerprint density at radius 2 is 1.90 bits per heavy atom. The van der Waals surface area contributed by atoms with Gasteiger partial charge >= 0.3 is 0 Å². The Balaban J connectivity index is 1.80. The van der Waals surface area contributed by atoms with Crippen molar-refractivity contribution in [2.75, 3.05) is 0 Å². The van der Waals surface area contributed by atoms with E-state index in [4.69, 9.17) is 14.2 Å². The number of hydrogen-bond donors (Lipinski definition) is 0. The molecule has 4 heteroatoms. The third-order valence-corrected chi connectivity index (χ3v) is 4.93. The normalized spacial score (nSPS) is 43.1. The third-order valence-electron chi connectivity index (χ3n) is 4.93. The Labute approximate surface area is 120 Å². The summed E-state index contributed by atoms with van der Waals surface area (Å²) >= 11 is 0. The molecule has 2 saturated heterocycles. The molecule has 1 spiro atoms. The second-order valence-corrected chi connectivity index (χ2v) is 6.30. The molecule has 1 aliphatic carbocycles. The highest BCUT2D eigenvalue weighted by Crippen LogP contribution is 2.46. The van der Waals surface area contributed by atoms with Crippen molar-refractivity contribution < 1.29 is 19.0 Å². The van der Waals surface area contributed by atoms with Crippen molar-refractivity contribution >= 4 is 6.29 Å². The highest BCUT2D eigenvalue weighted by atomic mass is 16.8. The van der Waals surface area contributed by atoms with Gasteiger partial charge in [0.05, 0.1) is 12.2 Å². The number of aldehydes is 1. The number of ether oxygens (including phenoxy) is 3. The van der Waals surface area contributed by atoms with E-state index >= 15 is 0 Å². The van der Waals surface area contributed by atoms with Crippen LogP contribution in [-0.2, 0) is 19.0 Å². The predicted molar refractivity (Wildman–Crippen MR) is 74.3 cm³/mol. The summed E-state index contributed by atoms with van der Waals surface area (Å²) in [5, 5.41) is 0. The molecule has 0 aromatic carbocycles. The molecule has 0 radical (unpaired) electrons. The summed E-state index contributed by atoms with van der Waals surface area (Å²) in [6, 6.07) is 0. The molecule has 3 rings (SSSR count). The summed E-state index contributed by atoms with van der Waals surface area (Å²) in [6.45, 7) is 5.89. The maximum Gasteiger partial charge on any atom is 0.169 e. The van der Waals surface area contributed by atoms with Crippen molar-refractivity contribution in [3.05, 3.63) is 12.7 Å². The molecule has 5 atom stereocenters.